The highest BCUT2D eigenvalue weighted by Crippen LogP contribution is 2.21. The molecule has 0 aromatic carbocycles. The molecule has 0 aliphatic rings. The van der Waals surface area contributed by atoms with Crippen LogP contribution < -0.4 is 0 Å². The summed E-state index contributed by atoms with van der Waals surface area (Å²) in [6.45, 7) is 11.7. The van der Waals surface area contributed by atoms with Gasteiger partial charge >= 0.3 is 9.28 Å². The summed E-state index contributed by atoms with van der Waals surface area (Å²) < 4.78 is 17.0. The summed E-state index contributed by atoms with van der Waals surface area (Å²) in [7, 11) is -0.214. The van der Waals surface area contributed by atoms with Crippen LogP contribution in [0.15, 0.2) is 0 Å². The zero-order valence-corrected chi connectivity index (χ0v) is 18.4. The maximum atomic E-state index is 6.37. The maximum Gasteiger partial charge on any atom is 0.384 e. The van der Waals surface area contributed by atoms with Crippen LogP contribution in [0.2, 0.25) is 44.8 Å². The van der Waals surface area contributed by atoms with E-state index in [1.54, 1.807) is 14.2 Å². The number of unbranched alkanes of at least 4 members (excludes halogenated alkanes) is 5. The molecule has 0 aliphatic carbocycles. The molecule has 0 aliphatic heterocycles. The predicted octanol–water partition coefficient (Wildman–Crippen LogP) is 5.16. The minimum Gasteiger partial charge on any atom is -0.456 e. The molecule has 0 bridgehead atoms. The highest BCUT2D eigenvalue weighted by Gasteiger charge is 2.28. The normalized spacial score (nSPS) is 13.1. The first-order valence-electron chi connectivity index (χ1n) is 8.34. The van der Waals surface area contributed by atoms with Crippen molar-refractivity contribution in [3.8, 4) is 0 Å². The van der Waals surface area contributed by atoms with Gasteiger partial charge in [0.1, 0.15) is 0 Å². The average molecular weight is 350 g/mol. The van der Waals surface area contributed by atoms with Crippen LogP contribution in [0.5, 0.6) is 0 Å². The van der Waals surface area contributed by atoms with Crippen LogP contribution in [0.4, 0.5) is 0 Å². The smallest absolute Gasteiger partial charge is 0.384 e. The van der Waals surface area contributed by atoms with Crippen LogP contribution in [0.25, 0.3) is 0 Å². The first-order valence-corrected chi connectivity index (χ1v) is 16.4. The molecule has 0 saturated heterocycles. The molecule has 0 atom stereocenters. The molecule has 0 unspecified atom stereocenters. The van der Waals surface area contributed by atoms with Crippen molar-refractivity contribution in [1.29, 1.82) is 0 Å². The standard InChI is InChI=1S/C15H37O3Si3/c1-16-19(17-2)14-12-10-8-9-11-13-15-21(6,7)18-20(3,4)5/h8-15H2,1-7H3. The largest absolute Gasteiger partial charge is 0.456 e. The van der Waals surface area contributed by atoms with E-state index in [1.165, 1.54) is 44.6 Å². The number of hydrogen-bond acceptors (Lipinski definition) is 3. The summed E-state index contributed by atoms with van der Waals surface area (Å²) in [4.78, 5) is 0. The monoisotopic (exact) mass is 349 g/mol. The Kier molecular flexibility index (Phi) is 11.4. The Bertz CT molecular complexity index is 251. The van der Waals surface area contributed by atoms with Gasteiger partial charge in [0.05, 0.1) is 0 Å². The molecule has 6 heteroatoms. The fraction of sp³-hybridized carbons (Fsp3) is 1.00. The van der Waals surface area contributed by atoms with E-state index in [0.717, 1.165) is 6.04 Å². The van der Waals surface area contributed by atoms with Gasteiger partial charge in [0.15, 0.2) is 16.6 Å². The fourth-order valence-corrected chi connectivity index (χ4v) is 11.9. The highest BCUT2D eigenvalue weighted by atomic mass is 28.4. The molecule has 0 aromatic rings. The SMILES string of the molecule is CO[Si](CCCCCCCC[Si](C)(C)O[Si](C)(C)C)OC. The summed E-state index contributed by atoms with van der Waals surface area (Å²) in [5.41, 5.74) is 0. The van der Waals surface area contributed by atoms with E-state index in [4.69, 9.17) is 13.0 Å². The Morgan fingerprint density at radius 1 is 0.714 bits per heavy atom. The van der Waals surface area contributed by atoms with Gasteiger partial charge in [0.25, 0.3) is 0 Å². The number of hydrogen-bond donors (Lipinski definition) is 0. The van der Waals surface area contributed by atoms with E-state index in [0.29, 0.717) is 0 Å². The van der Waals surface area contributed by atoms with E-state index in [1.807, 2.05) is 0 Å². The van der Waals surface area contributed by atoms with Crippen molar-refractivity contribution < 1.29 is 13.0 Å². The zero-order valence-electron chi connectivity index (χ0n) is 15.4. The average Bonchev–Trinajstić information content (AvgIpc) is 2.34. The van der Waals surface area contributed by atoms with E-state index < -0.39 is 25.9 Å². The Morgan fingerprint density at radius 2 is 1.19 bits per heavy atom. The second-order valence-corrected chi connectivity index (χ2v) is 18.5. The van der Waals surface area contributed by atoms with Gasteiger partial charge in [0, 0.05) is 14.2 Å². The van der Waals surface area contributed by atoms with Gasteiger partial charge < -0.3 is 13.0 Å². The second-order valence-electron chi connectivity index (χ2n) is 7.38. The Hall–Kier alpha value is 0.531. The minimum absolute atomic E-state index is 0.964. The van der Waals surface area contributed by atoms with Crippen LogP contribution in [0.3, 0.4) is 0 Å². The maximum absolute atomic E-state index is 6.37. The molecule has 0 rings (SSSR count). The molecule has 1 radical (unpaired) electrons. The van der Waals surface area contributed by atoms with Crippen LogP contribution in [0.1, 0.15) is 38.5 Å². The van der Waals surface area contributed by atoms with Gasteiger partial charge in [0.2, 0.25) is 0 Å². The van der Waals surface area contributed by atoms with E-state index >= 15 is 0 Å². The van der Waals surface area contributed by atoms with Crippen LogP contribution in [0, 0.1) is 0 Å². The third-order valence-electron chi connectivity index (χ3n) is 3.45. The van der Waals surface area contributed by atoms with Crippen LogP contribution in [-0.4, -0.2) is 40.1 Å². The lowest BCUT2D eigenvalue weighted by atomic mass is 10.1. The van der Waals surface area contributed by atoms with E-state index in [2.05, 4.69) is 32.7 Å². The van der Waals surface area contributed by atoms with Crippen molar-refractivity contribution in [2.75, 3.05) is 14.2 Å². The van der Waals surface area contributed by atoms with Crippen LogP contribution in [-0.2, 0) is 13.0 Å². The lowest BCUT2D eigenvalue weighted by molar-refractivity contribution is 0.276. The highest BCUT2D eigenvalue weighted by molar-refractivity contribution is 6.84. The van der Waals surface area contributed by atoms with Crippen molar-refractivity contribution in [3.63, 3.8) is 0 Å². The first kappa shape index (κ1) is 21.5. The van der Waals surface area contributed by atoms with Gasteiger partial charge in [-0.25, -0.2) is 0 Å². The number of rotatable bonds is 13. The molecule has 127 valence electrons. The molecule has 21 heavy (non-hydrogen) atoms. The minimum atomic E-state index is -1.41. The van der Waals surface area contributed by atoms with Crippen molar-refractivity contribution in [3.05, 3.63) is 0 Å². The summed E-state index contributed by atoms with van der Waals surface area (Å²) in [5.74, 6) is 0. The van der Waals surface area contributed by atoms with Crippen LogP contribution >= 0.6 is 0 Å². The molecular formula is C15H37O3Si3. The molecule has 0 heterocycles. The molecule has 0 amide bonds. The first-order chi connectivity index (χ1) is 9.70. The third kappa shape index (κ3) is 13.9. The Balaban J connectivity index is 3.52. The van der Waals surface area contributed by atoms with Crippen molar-refractivity contribution in [2.24, 2.45) is 0 Å². The summed E-state index contributed by atoms with van der Waals surface area (Å²) in [6.07, 6.45) is 7.97. The molecule has 3 nitrogen and oxygen atoms in total. The summed E-state index contributed by atoms with van der Waals surface area (Å²) >= 11 is 0. The zero-order chi connectivity index (χ0) is 16.4. The summed E-state index contributed by atoms with van der Waals surface area (Å²) in [6, 6.07) is 2.43. The quantitative estimate of drug-likeness (QED) is 0.339. The van der Waals surface area contributed by atoms with Gasteiger partial charge in [-0.15, -0.1) is 0 Å². The lowest BCUT2D eigenvalue weighted by Crippen LogP contribution is -2.42. The molecule has 0 spiro atoms. The van der Waals surface area contributed by atoms with Crippen molar-refractivity contribution in [1.82, 2.24) is 0 Å². The van der Waals surface area contributed by atoms with Gasteiger partial charge in [-0.05, 0) is 44.8 Å². The van der Waals surface area contributed by atoms with Crippen molar-refractivity contribution >= 4 is 25.9 Å². The van der Waals surface area contributed by atoms with Crippen molar-refractivity contribution in [2.45, 2.75) is 83.3 Å². The molecular weight excluding hydrogens is 312 g/mol. The fourth-order valence-electron chi connectivity index (χ4n) is 2.69. The van der Waals surface area contributed by atoms with Gasteiger partial charge in [-0.3, -0.25) is 0 Å². The Labute approximate surface area is 136 Å². The van der Waals surface area contributed by atoms with E-state index in [-0.39, 0.29) is 0 Å². The summed E-state index contributed by atoms with van der Waals surface area (Å²) in [5, 5.41) is 0. The second kappa shape index (κ2) is 11.1. The predicted molar refractivity (Wildman–Crippen MR) is 99.0 cm³/mol. The van der Waals surface area contributed by atoms with Gasteiger partial charge in [-0.1, -0.05) is 38.5 Å². The third-order valence-corrected chi connectivity index (χ3v) is 11.3. The molecule has 0 fully saturated rings. The Morgan fingerprint density at radius 3 is 1.67 bits per heavy atom. The van der Waals surface area contributed by atoms with E-state index in [9.17, 15) is 0 Å². The molecule has 0 N–H and O–H groups in total. The molecule has 0 saturated carbocycles. The lowest BCUT2D eigenvalue weighted by Gasteiger charge is -2.31. The van der Waals surface area contributed by atoms with Gasteiger partial charge in [-0.2, -0.15) is 0 Å². The topological polar surface area (TPSA) is 27.7 Å². The molecule has 0 aromatic heterocycles.